The Bertz CT molecular complexity index is 491. The predicted octanol–water partition coefficient (Wildman–Crippen LogP) is 3.90. The second-order valence-corrected chi connectivity index (χ2v) is 5.09. The second-order valence-electron chi connectivity index (χ2n) is 5.09. The molecule has 0 saturated carbocycles. The second kappa shape index (κ2) is 5.83. The lowest BCUT2D eigenvalue weighted by atomic mass is 10.1. The molecule has 0 unspecified atom stereocenters. The largest absolute Gasteiger partial charge is 0.309 e. The summed E-state index contributed by atoms with van der Waals surface area (Å²) in [6.45, 7) is 8.27. The number of hydrogen-bond acceptors (Lipinski definition) is 1. The van der Waals surface area contributed by atoms with Gasteiger partial charge >= 0.3 is 0 Å². The van der Waals surface area contributed by atoms with Crippen LogP contribution in [0.4, 0.5) is 0 Å². The Labute approximate surface area is 110 Å². The van der Waals surface area contributed by atoms with Gasteiger partial charge in [-0.15, -0.1) is 0 Å². The van der Waals surface area contributed by atoms with Gasteiger partial charge in [-0.3, -0.25) is 0 Å². The molecule has 0 radical (unpaired) electrons. The Kier molecular flexibility index (Phi) is 4.16. The van der Waals surface area contributed by atoms with Crippen LogP contribution in [0.5, 0.6) is 0 Å². The molecule has 2 aromatic carbocycles. The van der Waals surface area contributed by atoms with E-state index < -0.39 is 0 Å². The van der Waals surface area contributed by atoms with Crippen LogP contribution < -0.4 is 5.32 Å². The zero-order chi connectivity index (χ0) is 13.0. The van der Waals surface area contributed by atoms with Crippen molar-refractivity contribution in [3.63, 3.8) is 0 Å². The van der Waals surface area contributed by atoms with Gasteiger partial charge in [-0.25, -0.2) is 0 Å². The third-order valence-electron chi connectivity index (χ3n) is 3.06. The zero-order valence-corrected chi connectivity index (χ0v) is 11.5. The molecule has 18 heavy (non-hydrogen) atoms. The molecular formula is C17H21N. The molecule has 1 N–H and O–H groups in total. The van der Waals surface area contributed by atoms with Crippen LogP contribution in [0.1, 0.15) is 27.8 Å². The molecule has 0 aliphatic heterocycles. The molecule has 0 atom stereocenters. The first kappa shape index (κ1) is 12.8. The summed E-state index contributed by atoms with van der Waals surface area (Å²) in [7, 11) is 0. The molecule has 0 saturated heterocycles. The summed E-state index contributed by atoms with van der Waals surface area (Å²) in [6, 6.07) is 15.4. The molecule has 0 aromatic heterocycles. The highest BCUT2D eigenvalue weighted by Crippen LogP contribution is 2.09. The predicted molar refractivity (Wildman–Crippen MR) is 77.6 cm³/mol. The van der Waals surface area contributed by atoms with E-state index in [1.807, 2.05) is 0 Å². The summed E-state index contributed by atoms with van der Waals surface area (Å²) < 4.78 is 0. The van der Waals surface area contributed by atoms with E-state index in [2.05, 4.69) is 68.6 Å². The Morgan fingerprint density at radius 1 is 0.667 bits per heavy atom. The van der Waals surface area contributed by atoms with E-state index in [1.54, 1.807) is 0 Å². The van der Waals surface area contributed by atoms with Gasteiger partial charge in [0, 0.05) is 13.1 Å². The van der Waals surface area contributed by atoms with Crippen molar-refractivity contribution < 1.29 is 0 Å². The molecule has 2 rings (SSSR count). The summed E-state index contributed by atoms with van der Waals surface area (Å²) in [5.74, 6) is 0. The molecule has 2 aromatic rings. The summed E-state index contributed by atoms with van der Waals surface area (Å²) in [6.07, 6.45) is 0. The Morgan fingerprint density at radius 2 is 1.22 bits per heavy atom. The maximum absolute atomic E-state index is 3.49. The van der Waals surface area contributed by atoms with Crippen molar-refractivity contribution in [2.24, 2.45) is 0 Å². The van der Waals surface area contributed by atoms with E-state index in [1.165, 1.54) is 27.8 Å². The van der Waals surface area contributed by atoms with Crippen LogP contribution in [0.15, 0.2) is 42.5 Å². The topological polar surface area (TPSA) is 12.0 Å². The van der Waals surface area contributed by atoms with Gasteiger partial charge in [0.25, 0.3) is 0 Å². The molecule has 0 aliphatic carbocycles. The number of rotatable bonds is 4. The smallest absolute Gasteiger partial charge is 0.0208 e. The Hall–Kier alpha value is -1.60. The quantitative estimate of drug-likeness (QED) is 0.853. The lowest BCUT2D eigenvalue weighted by Crippen LogP contribution is -2.12. The molecule has 0 amide bonds. The van der Waals surface area contributed by atoms with Gasteiger partial charge in [0.15, 0.2) is 0 Å². The lowest BCUT2D eigenvalue weighted by Gasteiger charge is -2.07. The van der Waals surface area contributed by atoms with E-state index in [9.17, 15) is 0 Å². The first-order valence-corrected chi connectivity index (χ1v) is 6.47. The molecule has 94 valence electrons. The minimum Gasteiger partial charge on any atom is -0.309 e. The SMILES string of the molecule is Cc1ccc(CNCc2cc(C)cc(C)c2)cc1. The van der Waals surface area contributed by atoms with Crippen LogP contribution in [-0.4, -0.2) is 0 Å². The van der Waals surface area contributed by atoms with Crippen molar-refractivity contribution in [2.45, 2.75) is 33.9 Å². The van der Waals surface area contributed by atoms with E-state index in [4.69, 9.17) is 0 Å². The molecule has 0 aliphatic rings. The highest BCUT2D eigenvalue weighted by atomic mass is 14.8. The minimum atomic E-state index is 0.924. The van der Waals surface area contributed by atoms with Crippen LogP contribution in [0.25, 0.3) is 0 Å². The van der Waals surface area contributed by atoms with Crippen molar-refractivity contribution in [1.29, 1.82) is 0 Å². The minimum absolute atomic E-state index is 0.924. The van der Waals surface area contributed by atoms with Crippen LogP contribution in [0.3, 0.4) is 0 Å². The maximum Gasteiger partial charge on any atom is 0.0208 e. The summed E-state index contributed by atoms with van der Waals surface area (Å²) >= 11 is 0. The average Bonchev–Trinajstić information content (AvgIpc) is 2.30. The zero-order valence-electron chi connectivity index (χ0n) is 11.5. The number of benzene rings is 2. The van der Waals surface area contributed by atoms with Crippen molar-refractivity contribution in [1.82, 2.24) is 5.32 Å². The fraction of sp³-hybridized carbons (Fsp3) is 0.294. The molecule has 1 nitrogen and oxygen atoms in total. The van der Waals surface area contributed by atoms with Gasteiger partial charge < -0.3 is 5.32 Å². The Morgan fingerprint density at radius 3 is 1.83 bits per heavy atom. The van der Waals surface area contributed by atoms with Crippen LogP contribution in [0, 0.1) is 20.8 Å². The van der Waals surface area contributed by atoms with Crippen LogP contribution in [-0.2, 0) is 13.1 Å². The highest BCUT2D eigenvalue weighted by molar-refractivity contribution is 5.28. The van der Waals surface area contributed by atoms with Crippen molar-refractivity contribution in [3.05, 3.63) is 70.3 Å². The van der Waals surface area contributed by atoms with Gasteiger partial charge in [-0.2, -0.15) is 0 Å². The van der Waals surface area contributed by atoms with E-state index in [0.29, 0.717) is 0 Å². The van der Waals surface area contributed by atoms with Gasteiger partial charge in [-0.1, -0.05) is 59.2 Å². The molecule has 0 bridgehead atoms. The van der Waals surface area contributed by atoms with Crippen LogP contribution >= 0.6 is 0 Å². The number of aryl methyl sites for hydroxylation is 3. The van der Waals surface area contributed by atoms with E-state index >= 15 is 0 Å². The first-order valence-electron chi connectivity index (χ1n) is 6.47. The summed E-state index contributed by atoms with van der Waals surface area (Å²) in [5, 5.41) is 3.49. The first-order chi connectivity index (χ1) is 8.63. The maximum atomic E-state index is 3.49. The third-order valence-corrected chi connectivity index (χ3v) is 3.06. The van der Waals surface area contributed by atoms with Crippen LogP contribution in [0.2, 0.25) is 0 Å². The molecular weight excluding hydrogens is 218 g/mol. The fourth-order valence-corrected chi connectivity index (χ4v) is 2.23. The summed E-state index contributed by atoms with van der Waals surface area (Å²) in [5.41, 5.74) is 6.68. The third kappa shape index (κ3) is 3.71. The standard InChI is InChI=1S/C17H21N/c1-13-4-6-16(7-5-13)11-18-12-17-9-14(2)8-15(3)10-17/h4-10,18H,11-12H2,1-3H3. The van der Waals surface area contributed by atoms with Crippen molar-refractivity contribution >= 4 is 0 Å². The van der Waals surface area contributed by atoms with Crippen molar-refractivity contribution in [2.75, 3.05) is 0 Å². The summed E-state index contributed by atoms with van der Waals surface area (Å²) in [4.78, 5) is 0. The molecule has 0 heterocycles. The van der Waals surface area contributed by atoms with Gasteiger partial charge in [0.1, 0.15) is 0 Å². The Balaban J connectivity index is 1.90. The highest BCUT2D eigenvalue weighted by Gasteiger charge is 1.97. The molecule has 0 spiro atoms. The monoisotopic (exact) mass is 239 g/mol. The average molecular weight is 239 g/mol. The van der Waals surface area contributed by atoms with Gasteiger partial charge in [-0.05, 0) is 31.9 Å². The van der Waals surface area contributed by atoms with E-state index in [-0.39, 0.29) is 0 Å². The number of nitrogens with one attached hydrogen (secondary N) is 1. The van der Waals surface area contributed by atoms with Gasteiger partial charge in [0.2, 0.25) is 0 Å². The fourth-order valence-electron chi connectivity index (χ4n) is 2.23. The van der Waals surface area contributed by atoms with E-state index in [0.717, 1.165) is 13.1 Å². The normalized spacial score (nSPS) is 10.6. The lowest BCUT2D eigenvalue weighted by molar-refractivity contribution is 0.692. The van der Waals surface area contributed by atoms with Gasteiger partial charge in [0.05, 0.1) is 0 Å². The number of hydrogen-bond donors (Lipinski definition) is 1. The van der Waals surface area contributed by atoms with Crippen molar-refractivity contribution in [3.8, 4) is 0 Å². The molecule has 1 heteroatoms. The molecule has 0 fully saturated rings.